The second-order valence-corrected chi connectivity index (χ2v) is 5.71. The Morgan fingerprint density at radius 3 is 2.80 bits per heavy atom. The van der Waals surface area contributed by atoms with Gasteiger partial charge in [0, 0.05) is 24.3 Å². The molecule has 0 aliphatic rings. The summed E-state index contributed by atoms with van der Waals surface area (Å²) in [5.74, 6) is 1.95. The minimum Gasteiger partial charge on any atom is -0.370 e. The normalized spacial score (nSPS) is 10.3. The lowest BCUT2D eigenvalue weighted by atomic mass is 10.2. The van der Waals surface area contributed by atoms with Crippen molar-refractivity contribution < 1.29 is 4.79 Å². The van der Waals surface area contributed by atoms with E-state index in [1.165, 1.54) is 18.6 Å². The quantitative estimate of drug-likeness (QED) is 0.687. The van der Waals surface area contributed by atoms with Crippen LogP contribution in [0, 0.1) is 6.92 Å². The number of carbonyl (C=O) groups is 1. The highest BCUT2D eigenvalue weighted by atomic mass is 32.2. The summed E-state index contributed by atoms with van der Waals surface area (Å²) in [7, 11) is 0. The Balaban J connectivity index is 2.42. The summed E-state index contributed by atoms with van der Waals surface area (Å²) >= 11 is 1.87. The summed E-state index contributed by atoms with van der Waals surface area (Å²) in [5.41, 5.74) is 1.53. The number of hydrogen-bond acceptors (Lipinski definition) is 4. The van der Waals surface area contributed by atoms with E-state index < -0.39 is 0 Å². The Morgan fingerprint density at radius 1 is 1.30 bits per heavy atom. The number of thioether (sulfide) groups is 1. The van der Waals surface area contributed by atoms with Crippen molar-refractivity contribution in [3.63, 3.8) is 0 Å². The van der Waals surface area contributed by atoms with Crippen LogP contribution in [0.25, 0.3) is 0 Å². The van der Waals surface area contributed by atoms with Gasteiger partial charge in [-0.15, -0.1) is 0 Å². The number of aryl methyl sites for hydroxylation is 1. The summed E-state index contributed by atoms with van der Waals surface area (Å²) in [5, 5.41) is 6.11. The van der Waals surface area contributed by atoms with E-state index in [4.69, 9.17) is 0 Å². The highest BCUT2D eigenvalue weighted by Crippen LogP contribution is 2.10. The number of aromatic nitrogens is 1. The van der Waals surface area contributed by atoms with Crippen molar-refractivity contribution in [3.05, 3.63) is 23.4 Å². The fourth-order valence-electron chi connectivity index (χ4n) is 1.92. The fourth-order valence-corrected chi connectivity index (χ4v) is 2.42. The average molecular weight is 295 g/mol. The SMILES string of the molecule is CCNc1cc(C(=O)NCCCCCSC)cc(C)n1. The first-order valence-electron chi connectivity index (χ1n) is 7.17. The van der Waals surface area contributed by atoms with Crippen molar-refractivity contribution in [1.82, 2.24) is 10.3 Å². The van der Waals surface area contributed by atoms with Crippen molar-refractivity contribution >= 4 is 23.5 Å². The van der Waals surface area contributed by atoms with E-state index >= 15 is 0 Å². The van der Waals surface area contributed by atoms with Crippen LogP contribution in [0.4, 0.5) is 5.82 Å². The number of hydrogen-bond donors (Lipinski definition) is 2. The molecule has 0 aliphatic carbocycles. The molecule has 0 fully saturated rings. The minimum absolute atomic E-state index is 0.0143. The molecule has 1 aromatic rings. The van der Waals surface area contributed by atoms with Crippen molar-refractivity contribution in [2.24, 2.45) is 0 Å². The van der Waals surface area contributed by atoms with Crippen LogP contribution in [0.1, 0.15) is 42.2 Å². The summed E-state index contributed by atoms with van der Waals surface area (Å²) in [4.78, 5) is 16.4. The van der Waals surface area contributed by atoms with Gasteiger partial charge in [0.25, 0.3) is 5.91 Å². The number of unbranched alkanes of at least 4 members (excludes halogenated alkanes) is 2. The molecule has 4 nitrogen and oxygen atoms in total. The lowest BCUT2D eigenvalue weighted by Gasteiger charge is -2.08. The Hall–Kier alpha value is -1.23. The first kappa shape index (κ1) is 16.8. The van der Waals surface area contributed by atoms with Gasteiger partial charge < -0.3 is 10.6 Å². The standard InChI is InChI=1S/C15H25N3OS/c1-4-16-14-11-13(10-12(2)18-14)15(19)17-8-6-5-7-9-20-3/h10-11H,4-9H2,1-3H3,(H,16,18)(H,17,19). The van der Waals surface area contributed by atoms with Crippen LogP contribution in [0.2, 0.25) is 0 Å². The van der Waals surface area contributed by atoms with Crippen molar-refractivity contribution in [2.75, 3.05) is 30.4 Å². The van der Waals surface area contributed by atoms with E-state index in [2.05, 4.69) is 21.9 Å². The molecule has 1 rings (SSSR count). The van der Waals surface area contributed by atoms with Crippen molar-refractivity contribution in [2.45, 2.75) is 33.1 Å². The lowest BCUT2D eigenvalue weighted by Crippen LogP contribution is -2.24. The Labute approximate surface area is 126 Å². The summed E-state index contributed by atoms with van der Waals surface area (Å²) in [6.07, 6.45) is 5.54. The molecule has 2 N–H and O–H groups in total. The van der Waals surface area contributed by atoms with Gasteiger partial charge in [-0.2, -0.15) is 11.8 Å². The molecule has 1 heterocycles. The molecule has 0 bridgehead atoms. The third kappa shape index (κ3) is 6.28. The molecule has 5 heteroatoms. The van der Waals surface area contributed by atoms with Gasteiger partial charge in [-0.05, 0) is 50.8 Å². The molecule has 1 amide bonds. The van der Waals surface area contributed by atoms with Gasteiger partial charge >= 0.3 is 0 Å². The highest BCUT2D eigenvalue weighted by molar-refractivity contribution is 7.98. The zero-order valence-electron chi connectivity index (χ0n) is 12.7. The van der Waals surface area contributed by atoms with Gasteiger partial charge in [-0.25, -0.2) is 4.98 Å². The van der Waals surface area contributed by atoms with Crippen molar-refractivity contribution in [1.29, 1.82) is 0 Å². The third-order valence-corrected chi connectivity index (χ3v) is 3.58. The van der Waals surface area contributed by atoms with Crippen LogP contribution in [-0.2, 0) is 0 Å². The summed E-state index contributed by atoms with van der Waals surface area (Å²) in [6.45, 7) is 5.45. The number of rotatable bonds is 9. The number of pyridine rings is 1. The first-order chi connectivity index (χ1) is 9.67. The number of anilines is 1. The lowest BCUT2D eigenvalue weighted by molar-refractivity contribution is 0.0953. The van der Waals surface area contributed by atoms with E-state index in [1.54, 1.807) is 6.07 Å². The van der Waals surface area contributed by atoms with Crippen LogP contribution in [0.15, 0.2) is 12.1 Å². The monoisotopic (exact) mass is 295 g/mol. The molecule has 0 spiro atoms. The number of nitrogens with one attached hydrogen (secondary N) is 2. The molecular formula is C15H25N3OS. The third-order valence-electron chi connectivity index (χ3n) is 2.88. The average Bonchev–Trinajstić information content (AvgIpc) is 2.42. The molecule has 0 atom stereocenters. The van der Waals surface area contributed by atoms with Crippen LogP contribution < -0.4 is 10.6 Å². The zero-order chi connectivity index (χ0) is 14.8. The molecule has 1 aromatic heterocycles. The minimum atomic E-state index is -0.0143. The van der Waals surface area contributed by atoms with Crippen LogP contribution in [0.3, 0.4) is 0 Å². The maximum absolute atomic E-state index is 12.1. The summed E-state index contributed by atoms with van der Waals surface area (Å²) < 4.78 is 0. The molecule has 112 valence electrons. The van der Waals surface area contributed by atoms with Gasteiger partial charge in [0.05, 0.1) is 0 Å². The van der Waals surface area contributed by atoms with Crippen LogP contribution in [-0.4, -0.2) is 36.0 Å². The smallest absolute Gasteiger partial charge is 0.251 e. The first-order valence-corrected chi connectivity index (χ1v) is 8.56. The van der Waals surface area contributed by atoms with Crippen LogP contribution >= 0.6 is 11.8 Å². The molecule has 20 heavy (non-hydrogen) atoms. The molecule has 0 unspecified atom stereocenters. The second kappa shape index (κ2) is 9.64. The number of nitrogens with zero attached hydrogens (tertiary/aromatic N) is 1. The van der Waals surface area contributed by atoms with E-state index in [9.17, 15) is 4.79 Å². The molecule has 0 aliphatic heterocycles. The van der Waals surface area contributed by atoms with E-state index in [0.29, 0.717) is 5.56 Å². The molecular weight excluding hydrogens is 270 g/mol. The van der Waals surface area contributed by atoms with Gasteiger partial charge in [0.1, 0.15) is 5.82 Å². The Kier molecular flexibility index (Phi) is 8.11. The largest absolute Gasteiger partial charge is 0.370 e. The topological polar surface area (TPSA) is 54.0 Å². The Morgan fingerprint density at radius 2 is 2.10 bits per heavy atom. The molecule has 0 saturated carbocycles. The van der Waals surface area contributed by atoms with E-state index in [-0.39, 0.29) is 5.91 Å². The molecule has 0 aromatic carbocycles. The van der Waals surface area contributed by atoms with Gasteiger partial charge in [0.15, 0.2) is 0 Å². The van der Waals surface area contributed by atoms with Gasteiger partial charge in [-0.1, -0.05) is 6.42 Å². The molecule has 0 radical (unpaired) electrons. The van der Waals surface area contributed by atoms with Crippen LogP contribution in [0.5, 0.6) is 0 Å². The predicted molar refractivity (Wildman–Crippen MR) is 87.7 cm³/mol. The number of amides is 1. The van der Waals surface area contributed by atoms with Gasteiger partial charge in [-0.3, -0.25) is 4.79 Å². The maximum atomic E-state index is 12.1. The van der Waals surface area contributed by atoms with E-state index in [0.717, 1.165) is 31.0 Å². The zero-order valence-corrected chi connectivity index (χ0v) is 13.5. The summed E-state index contributed by atoms with van der Waals surface area (Å²) in [6, 6.07) is 3.63. The second-order valence-electron chi connectivity index (χ2n) is 4.72. The fraction of sp³-hybridized carbons (Fsp3) is 0.600. The van der Waals surface area contributed by atoms with E-state index in [1.807, 2.05) is 31.7 Å². The van der Waals surface area contributed by atoms with Gasteiger partial charge in [0.2, 0.25) is 0 Å². The van der Waals surface area contributed by atoms with Crippen molar-refractivity contribution in [3.8, 4) is 0 Å². The molecule has 0 saturated heterocycles. The number of carbonyl (C=O) groups excluding carboxylic acids is 1. The Bertz CT molecular complexity index is 424. The predicted octanol–water partition coefficient (Wildman–Crippen LogP) is 3.08. The maximum Gasteiger partial charge on any atom is 0.251 e. The highest BCUT2D eigenvalue weighted by Gasteiger charge is 2.07.